The van der Waals surface area contributed by atoms with E-state index < -0.39 is 17.3 Å². The number of amides is 1. The van der Waals surface area contributed by atoms with Gasteiger partial charge in [-0.3, -0.25) is 9.20 Å². The number of fused-ring (bicyclic) bond motifs is 1. The van der Waals surface area contributed by atoms with Crippen molar-refractivity contribution in [3.05, 3.63) is 23.9 Å². The highest BCUT2D eigenvalue weighted by Gasteiger charge is 2.34. The zero-order chi connectivity index (χ0) is 18.8. The normalized spacial score (nSPS) is 17.0. The third-order valence-electron chi connectivity index (χ3n) is 4.33. The van der Waals surface area contributed by atoms with Crippen LogP contribution in [0.4, 0.5) is 13.2 Å². The lowest BCUT2D eigenvalue weighted by Gasteiger charge is -2.31. The Balaban J connectivity index is 1.69. The van der Waals surface area contributed by atoms with Crippen molar-refractivity contribution < 1.29 is 18.0 Å². The SMILES string of the molecule is N#CC1(NC(=O)CSc2nnc3ccc(C(F)(F)F)cn23)CCCCC1. The van der Waals surface area contributed by atoms with E-state index in [1.807, 2.05) is 0 Å². The molecule has 0 unspecified atom stereocenters. The molecule has 1 fully saturated rings. The van der Waals surface area contributed by atoms with Gasteiger partial charge in [0.1, 0.15) is 5.54 Å². The average Bonchev–Trinajstić information content (AvgIpc) is 3.02. The molecule has 2 heterocycles. The summed E-state index contributed by atoms with van der Waals surface area (Å²) in [7, 11) is 0. The van der Waals surface area contributed by atoms with Crippen molar-refractivity contribution in [2.45, 2.75) is 49.0 Å². The number of hydrogen-bond acceptors (Lipinski definition) is 5. The number of aromatic nitrogens is 3. The van der Waals surface area contributed by atoms with Gasteiger partial charge >= 0.3 is 6.18 Å². The average molecular weight is 383 g/mol. The Kier molecular flexibility index (Phi) is 5.09. The molecule has 6 nitrogen and oxygen atoms in total. The van der Waals surface area contributed by atoms with Gasteiger partial charge in [-0.05, 0) is 25.0 Å². The number of hydrogen-bond donors (Lipinski definition) is 1. The Morgan fingerprint density at radius 2 is 2.04 bits per heavy atom. The number of nitrogens with one attached hydrogen (secondary N) is 1. The second-order valence-corrected chi connectivity index (χ2v) is 7.16. The highest BCUT2D eigenvalue weighted by Crippen LogP contribution is 2.30. The number of carbonyl (C=O) groups is 1. The Morgan fingerprint density at radius 3 is 2.69 bits per heavy atom. The topological polar surface area (TPSA) is 83.1 Å². The molecule has 1 saturated carbocycles. The third-order valence-corrected chi connectivity index (χ3v) is 5.27. The van der Waals surface area contributed by atoms with Crippen molar-refractivity contribution in [1.82, 2.24) is 19.9 Å². The molecular weight excluding hydrogens is 367 g/mol. The van der Waals surface area contributed by atoms with Crippen molar-refractivity contribution in [3.63, 3.8) is 0 Å². The van der Waals surface area contributed by atoms with Crippen LogP contribution < -0.4 is 5.32 Å². The summed E-state index contributed by atoms with van der Waals surface area (Å²) in [6.45, 7) is 0. The number of nitriles is 1. The predicted octanol–water partition coefficient (Wildman–Crippen LogP) is 3.18. The smallest absolute Gasteiger partial charge is 0.337 e. The molecule has 1 aliphatic rings. The molecule has 138 valence electrons. The van der Waals surface area contributed by atoms with E-state index in [1.54, 1.807) is 0 Å². The molecule has 0 bridgehead atoms. The zero-order valence-electron chi connectivity index (χ0n) is 13.7. The van der Waals surface area contributed by atoms with Gasteiger partial charge in [0.15, 0.2) is 10.8 Å². The lowest BCUT2D eigenvalue weighted by Crippen LogP contribution is -2.49. The first-order valence-electron chi connectivity index (χ1n) is 8.10. The van der Waals surface area contributed by atoms with E-state index >= 15 is 0 Å². The van der Waals surface area contributed by atoms with Crippen molar-refractivity contribution in [3.8, 4) is 6.07 Å². The summed E-state index contributed by atoms with van der Waals surface area (Å²) in [6, 6.07) is 4.36. The van der Waals surface area contributed by atoms with E-state index in [4.69, 9.17) is 0 Å². The Bertz CT molecular complexity index is 852. The summed E-state index contributed by atoms with van der Waals surface area (Å²) < 4.78 is 39.8. The van der Waals surface area contributed by atoms with Gasteiger partial charge in [-0.1, -0.05) is 31.0 Å². The quantitative estimate of drug-likeness (QED) is 0.820. The number of thioether (sulfide) groups is 1. The summed E-state index contributed by atoms with van der Waals surface area (Å²) >= 11 is 0.982. The van der Waals surface area contributed by atoms with Gasteiger partial charge < -0.3 is 5.32 Å². The maximum Gasteiger partial charge on any atom is 0.417 e. The standard InChI is InChI=1S/C16H16F3N5OS/c17-16(18,19)11-4-5-12-22-23-14(24(12)8-11)26-9-13(25)21-15(10-20)6-2-1-3-7-15/h4-5,8H,1-3,6-7,9H2,(H,21,25). The summed E-state index contributed by atoms with van der Waals surface area (Å²) in [5, 5.41) is 20.0. The van der Waals surface area contributed by atoms with E-state index in [2.05, 4.69) is 21.6 Å². The molecule has 1 aliphatic carbocycles. The monoisotopic (exact) mass is 383 g/mol. The van der Waals surface area contributed by atoms with Crippen molar-refractivity contribution in [1.29, 1.82) is 5.26 Å². The van der Waals surface area contributed by atoms with Crippen LogP contribution >= 0.6 is 11.8 Å². The number of carbonyl (C=O) groups excluding carboxylic acids is 1. The van der Waals surface area contributed by atoms with Crippen LogP contribution in [0.2, 0.25) is 0 Å². The molecule has 0 aliphatic heterocycles. The first-order valence-corrected chi connectivity index (χ1v) is 9.09. The van der Waals surface area contributed by atoms with Gasteiger partial charge in [-0.15, -0.1) is 10.2 Å². The molecule has 0 saturated heterocycles. The number of pyridine rings is 1. The molecule has 0 spiro atoms. The Hall–Kier alpha value is -2.28. The van der Waals surface area contributed by atoms with Gasteiger partial charge in [-0.2, -0.15) is 18.4 Å². The second-order valence-electron chi connectivity index (χ2n) is 6.22. The molecular formula is C16H16F3N5OS. The largest absolute Gasteiger partial charge is 0.417 e. The molecule has 10 heteroatoms. The second kappa shape index (κ2) is 7.15. The number of halogens is 3. The van der Waals surface area contributed by atoms with Crippen LogP contribution in [0.25, 0.3) is 5.65 Å². The number of nitrogens with zero attached hydrogens (tertiary/aromatic N) is 4. The Morgan fingerprint density at radius 1 is 1.31 bits per heavy atom. The van der Waals surface area contributed by atoms with E-state index in [-0.39, 0.29) is 22.5 Å². The predicted molar refractivity (Wildman–Crippen MR) is 88.3 cm³/mol. The maximum absolute atomic E-state index is 12.9. The fourth-order valence-corrected chi connectivity index (χ4v) is 3.71. The molecule has 2 aromatic rings. The van der Waals surface area contributed by atoms with Crippen LogP contribution in [0.1, 0.15) is 37.7 Å². The minimum absolute atomic E-state index is 0.0551. The lowest BCUT2D eigenvalue weighted by atomic mass is 9.83. The summed E-state index contributed by atoms with van der Waals surface area (Å²) in [4.78, 5) is 12.2. The third kappa shape index (κ3) is 3.93. The van der Waals surface area contributed by atoms with Crippen LogP contribution in [0, 0.1) is 11.3 Å². The summed E-state index contributed by atoms with van der Waals surface area (Å²) in [6.07, 6.45) is 0.476. The first-order chi connectivity index (χ1) is 12.3. The molecule has 0 aromatic carbocycles. The van der Waals surface area contributed by atoms with Crippen LogP contribution in [-0.2, 0) is 11.0 Å². The van der Waals surface area contributed by atoms with Crippen LogP contribution in [0.5, 0.6) is 0 Å². The van der Waals surface area contributed by atoms with Crippen LogP contribution in [0.3, 0.4) is 0 Å². The summed E-state index contributed by atoms with van der Waals surface area (Å²) in [5.41, 5.74) is -1.39. The first kappa shape index (κ1) is 18.5. The van der Waals surface area contributed by atoms with Crippen LogP contribution in [-0.4, -0.2) is 31.8 Å². The molecule has 26 heavy (non-hydrogen) atoms. The Labute approximate surface area is 151 Å². The van der Waals surface area contributed by atoms with E-state index in [0.717, 1.165) is 43.3 Å². The maximum atomic E-state index is 12.9. The van der Waals surface area contributed by atoms with Gasteiger partial charge in [0.05, 0.1) is 17.4 Å². The van der Waals surface area contributed by atoms with Gasteiger partial charge in [0, 0.05) is 6.20 Å². The fraction of sp³-hybridized carbons (Fsp3) is 0.500. The summed E-state index contributed by atoms with van der Waals surface area (Å²) in [5.74, 6) is -0.400. The van der Waals surface area contributed by atoms with Gasteiger partial charge in [-0.25, -0.2) is 0 Å². The minimum Gasteiger partial charge on any atom is -0.337 e. The lowest BCUT2D eigenvalue weighted by molar-refractivity contribution is -0.137. The molecule has 1 N–H and O–H groups in total. The number of alkyl halides is 3. The van der Waals surface area contributed by atoms with E-state index in [0.29, 0.717) is 12.8 Å². The van der Waals surface area contributed by atoms with E-state index in [1.165, 1.54) is 10.5 Å². The van der Waals surface area contributed by atoms with Crippen LogP contribution in [0.15, 0.2) is 23.5 Å². The molecule has 3 rings (SSSR count). The highest BCUT2D eigenvalue weighted by molar-refractivity contribution is 7.99. The molecule has 0 radical (unpaired) electrons. The molecule has 1 amide bonds. The molecule has 2 aromatic heterocycles. The fourth-order valence-electron chi connectivity index (χ4n) is 2.99. The zero-order valence-corrected chi connectivity index (χ0v) is 14.5. The molecule has 0 atom stereocenters. The van der Waals surface area contributed by atoms with Crippen molar-refractivity contribution >= 4 is 23.3 Å². The minimum atomic E-state index is -4.47. The highest BCUT2D eigenvalue weighted by atomic mass is 32.2. The number of rotatable bonds is 4. The van der Waals surface area contributed by atoms with E-state index in [9.17, 15) is 23.2 Å². The van der Waals surface area contributed by atoms with Crippen molar-refractivity contribution in [2.24, 2.45) is 0 Å². The van der Waals surface area contributed by atoms with Gasteiger partial charge in [0.2, 0.25) is 5.91 Å². The van der Waals surface area contributed by atoms with Crippen molar-refractivity contribution in [2.75, 3.05) is 5.75 Å². The van der Waals surface area contributed by atoms with Gasteiger partial charge in [0.25, 0.3) is 0 Å².